The van der Waals surface area contributed by atoms with E-state index in [1.165, 1.54) is 11.6 Å². The van der Waals surface area contributed by atoms with Crippen LogP contribution < -0.4 is 16.0 Å². The molecule has 0 unspecified atom stereocenters. The highest BCUT2D eigenvalue weighted by Gasteiger charge is 2.19. The number of benzene rings is 2. The van der Waals surface area contributed by atoms with Gasteiger partial charge in [-0.25, -0.2) is 14.8 Å². The molecule has 4 rings (SSSR count). The third-order valence-electron chi connectivity index (χ3n) is 5.05. The van der Waals surface area contributed by atoms with Gasteiger partial charge >= 0.3 is 5.69 Å². The molecule has 9 heteroatoms. The Labute approximate surface area is 187 Å². The number of aromatic nitrogens is 4. The summed E-state index contributed by atoms with van der Waals surface area (Å²) < 4.78 is 7.47. The molecule has 0 spiro atoms. The molecule has 0 N–H and O–H groups in total. The van der Waals surface area contributed by atoms with E-state index >= 15 is 0 Å². The second-order valence-corrected chi connectivity index (χ2v) is 8.03. The first-order valence-corrected chi connectivity index (χ1v) is 10.7. The highest BCUT2D eigenvalue weighted by Crippen LogP contribution is 2.27. The van der Waals surface area contributed by atoms with Crippen LogP contribution in [0.3, 0.4) is 0 Å². The van der Waals surface area contributed by atoms with Gasteiger partial charge in [-0.2, -0.15) is 0 Å². The van der Waals surface area contributed by atoms with Crippen LogP contribution in [-0.2, 0) is 14.1 Å². The van der Waals surface area contributed by atoms with Crippen molar-refractivity contribution in [1.82, 2.24) is 19.1 Å². The number of rotatable bonds is 6. The number of fused-ring (bicyclic) bond motifs is 1. The molecule has 0 fully saturated rings. The summed E-state index contributed by atoms with van der Waals surface area (Å²) in [5.41, 5.74) is 0.519. The minimum absolute atomic E-state index is 0.0681. The van der Waals surface area contributed by atoms with Crippen molar-refractivity contribution in [2.75, 3.05) is 12.9 Å². The van der Waals surface area contributed by atoms with Gasteiger partial charge in [0.15, 0.2) is 17.3 Å². The van der Waals surface area contributed by atoms with E-state index in [0.29, 0.717) is 22.2 Å². The van der Waals surface area contributed by atoms with Crippen molar-refractivity contribution in [3.05, 3.63) is 81.0 Å². The highest BCUT2D eigenvalue weighted by atomic mass is 32.2. The van der Waals surface area contributed by atoms with E-state index in [4.69, 9.17) is 4.74 Å². The molecule has 2 aromatic carbocycles. The quantitative estimate of drug-likeness (QED) is 0.254. The average Bonchev–Trinajstić information content (AvgIpc) is 2.84. The molecule has 0 aliphatic carbocycles. The molecule has 0 bridgehead atoms. The molecule has 0 saturated carbocycles. The van der Waals surface area contributed by atoms with E-state index in [2.05, 4.69) is 9.97 Å². The maximum Gasteiger partial charge on any atom is 0.332 e. The Bertz CT molecular complexity index is 1430. The first kappa shape index (κ1) is 21.5. The van der Waals surface area contributed by atoms with E-state index in [9.17, 15) is 14.4 Å². The summed E-state index contributed by atoms with van der Waals surface area (Å²) in [5.74, 6) is 0.986. The number of ketones is 1. The van der Waals surface area contributed by atoms with E-state index in [1.54, 1.807) is 38.4 Å². The lowest BCUT2D eigenvalue weighted by Crippen LogP contribution is -2.37. The Balaban J connectivity index is 1.80. The van der Waals surface area contributed by atoms with Gasteiger partial charge in [-0.1, -0.05) is 42.1 Å². The van der Waals surface area contributed by atoms with Gasteiger partial charge in [0.05, 0.1) is 12.9 Å². The zero-order valence-corrected chi connectivity index (χ0v) is 18.5. The second-order valence-electron chi connectivity index (χ2n) is 7.06. The van der Waals surface area contributed by atoms with Crippen LogP contribution in [0.2, 0.25) is 0 Å². The molecule has 0 aliphatic rings. The lowest BCUT2D eigenvalue weighted by Gasteiger charge is -2.12. The Kier molecular flexibility index (Phi) is 5.91. The van der Waals surface area contributed by atoms with Crippen LogP contribution in [0.5, 0.6) is 5.75 Å². The lowest BCUT2D eigenvalue weighted by molar-refractivity contribution is 0.102. The van der Waals surface area contributed by atoms with E-state index in [-0.39, 0.29) is 22.6 Å². The largest absolute Gasteiger partial charge is 0.497 e. The van der Waals surface area contributed by atoms with Gasteiger partial charge < -0.3 is 4.74 Å². The van der Waals surface area contributed by atoms with Crippen LogP contribution in [0.15, 0.2) is 69.2 Å². The molecule has 2 heterocycles. The van der Waals surface area contributed by atoms with E-state index in [1.807, 2.05) is 30.3 Å². The maximum atomic E-state index is 12.9. The first-order valence-electron chi connectivity index (χ1n) is 9.74. The van der Waals surface area contributed by atoms with Gasteiger partial charge in [-0.15, -0.1) is 0 Å². The minimum atomic E-state index is -0.498. The Morgan fingerprint density at radius 2 is 1.66 bits per heavy atom. The van der Waals surface area contributed by atoms with Crippen molar-refractivity contribution in [3.8, 4) is 17.1 Å². The standard InChI is InChI=1S/C23H20N4O4S/c1-26-20-18(22(29)27(2)23(26)30)21(25-19(24-20)15-7-5-4-6-8-15)32-13-17(28)14-9-11-16(31-3)12-10-14/h4-12H,13H2,1-3H3. The molecule has 0 radical (unpaired) electrons. The zero-order valence-electron chi connectivity index (χ0n) is 17.7. The van der Waals surface area contributed by atoms with Gasteiger partial charge in [-0.05, 0) is 24.3 Å². The number of aryl methyl sites for hydroxylation is 1. The van der Waals surface area contributed by atoms with Gasteiger partial charge in [0, 0.05) is 25.2 Å². The molecular weight excluding hydrogens is 428 g/mol. The van der Waals surface area contributed by atoms with Crippen molar-refractivity contribution in [2.24, 2.45) is 14.1 Å². The molecular formula is C23H20N4O4S. The van der Waals surface area contributed by atoms with E-state index < -0.39 is 11.2 Å². The minimum Gasteiger partial charge on any atom is -0.497 e. The topological polar surface area (TPSA) is 96.1 Å². The number of carbonyl (C=O) groups excluding carboxylic acids is 1. The summed E-state index contributed by atoms with van der Waals surface area (Å²) in [6.45, 7) is 0. The Morgan fingerprint density at radius 3 is 2.31 bits per heavy atom. The number of Topliss-reactive ketones (excluding diaryl/α,β-unsaturated/α-hetero) is 1. The lowest BCUT2D eigenvalue weighted by atomic mass is 10.1. The fraction of sp³-hybridized carbons (Fsp3) is 0.174. The second kappa shape index (κ2) is 8.80. The average molecular weight is 449 g/mol. The molecule has 0 aliphatic heterocycles. The third-order valence-corrected chi connectivity index (χ3v) is 6.03. The highest BCUT2D eigenvalue weighted by molar-refractivity contribution is 8.00. The molecule has 32 heavy (non-hydrogen) atoms. The fourth-order valence-electron chi connectivity index (χ4n) is 3.24. The zero-order chi connectivity index (χ0) is 22.8. The number of hydrogen-bond acceptors (Lipinski definition) is 7. The summed E-state index contributed by atoms with van der Waals surface area (Å²) in [6, 6.07) is 16.1. The summed E-state index contributed by atoms with van der Waals surface area (Å²) in [7, 11) is 4.53. The molecule has 0 atom stereocenters. The Morgan fingerprint density at radius 1 is 0.969 bits per heavy atom. The smallest absolute Gasteiger partial charge is 0.332 e. The fourth-order valence-corrected chi connectivity index (χ4v) is 4.15. The molecule has 8 nitrogen and oxygen atoms in total. The van der Waals surface area contributed by atoms with E-state index in [0.717, 1.165) is 21.9 Å². The number of nitrogens with zero attached hydrogens (tertiary/aromatic N) is 4. The predicted octanol–water partition coefficient (Wildman–Crippen LogP) is 2.68. The van der Waals surface area contributed by atoms with Crippen LogP contribution >= 0.6 is 11.8 Å². The van der Waals surface area contributed by atoms with Crippen LogP contribution in [-0.4, -0.2) is 37.7 Å². The predicted molar refractivity (Wildman–Crippen MR) is 124 cm³/mol. The van der Waals surface area contributed by atoms with Crippen LogP contribution in [0.1, 0.15) is 10.4 Å². The number of methoxy groups -OCH3 is 1. The summed E-state index contributed by atoms with van der Waals surface area (Å²) >= 11 is 1.15. The number of carbonyl (C=O) groups is 1. The molecule has 162 valence electrons. The maximum absolute atomic E-state index is 12.9. The Hall–Kier alpha value is -3.72. The van der Waals surface area contributed by atoms with Gasteiger partial charge in [0.2, 0.25) is 0 Å². The molecule has 2 aromatic heterocycles. The van der Waals surface area contributed by atoms with Crippen LogP contribution in [0.4, 0.5) is 0 Å². The SMILES string of the molecule is COc1ccc(C(=O)CSc2nc(-c3ccccc3)nc3c2c(=O)n(C)c(=O)n3C)cc1. The number of thioether (sulfide) groups is 1. The number of ether oxygens (including phenoxy) is 1. The van der Waals surface area contributed by atoms with Crippen molar-refractivity contribution < 1.29 is 9.53 Å². The third kappa shape index (κ3) is 3.94. The normalized spacial score (nSPS) is 11.0. The van der Waals surface area contributed by atoms with Crippen molar-refractivity contribution in [3.63, 3.8) is 0 Å². The molecule has 4 aromatic rings. The van der Waals surface area contributed by atoms with Crippen molar-refractivity contribution >= 4 is 28.6 Å². The summed E-state index contributed by atoms with van der Waals surface area (Å²) in [6.07, 6.45) is 0. The van der Waals surface area contributed by atoms with Crippen LogP contribution in [0, 0.1) is 0 Å². The molecule has 0 amide bonds. The monoisotopic (exact) mass is 448 g/mol. The first-order chi connectivity index (χ1) is 15.4. The van der Waals surface area contributed by atoms with Crippen LogP contribution in [0.25, 0.3) is 22.4 Å². The summed E-state index contributed by atoms with van der Waals surface area (Å²) in [5, 5.41) is 0.564. The van der Waals surface area contributed by atoms with Gasteiger partial charge in [0.1, 0.15) is 16.2 Å². The van der Waals surface area contributed by atoms with Gasteiger partial charge in [-0.3, -0.25) is 18.7 Å². The molecule has 0 saturated heterocycles. The van der Waals surface area contributed by atoms with Crippen molar-refractivity contribution in [1.29, 1.82) is 0 Å². The van der Waals surface area contributed by atoms with Crippen molar-refractivity contribution in [2.45, 2.75) is 5.03 Å². The van der Waals surface area contributed by atoms with Gasteiger partial charge in [0.25, 0.3) is 5.56 Å². The number of hydrogen-bond donors (Lipinski definition) is 0. The summed E-state index contributed by atoms with van der Waals surface area (Å²) in [4.78, 5) is 47.2.